The topological polar surface area (TPSA) is 33.1 Å². The van der Waals surface area contributed by atoms with Gasteiger partial charge in [0.25, 0.3) is 0 Å². The van der Waals surface area contributed by atoms with Gasteiger partial charge in [-0.1, -0.05) is 0 Å². The predicted molar refractivity (Wildman–Crippen MR) is 67.7 cm³/mol. The van der Waals surface area contributed by atoms with Crippen molar-refractivity contribution in [3.8, 4) is 0 Å². The molecule has 2 aliphatic rings. The maximum atomic E-state index is 4.20. The monoisotopic (exact) mass is 234 g/mol. The van der Waals surface area contributed by atoms with E-state index in [1.54, 1.807) is 0 Å². The number of hydrogen-bond donors (Lipinski definition) is 1. The first kappa shape index (κ1) is 11.2. The number of rotatable bonds is 3. The van der Waals surface area contributed by atoms with Gasteiger partial charge in [0, 0.05) is 37.4 Å². The van der Waals surface area contributed by atoms with Gasteiger partial charge in [-0.15, -0.1) is 0 Å². The standard InChI is InChI=1S/C13H22N4/c1-16-10-11(9-15-16)8-14-12-4-6-17-5-2-3-13(17)7-12/h9-10,12-14H,2-8H2,1H3. The number of nitrogens with one attached hydrogen (secondary N) is 1. The highest BCUT2D eigenvalue weighted by atomic mass is 15.2. The highest BCUT2D eigenvalue weighted by molar-refractivity contribution is 5.03. The van der Waals surface area contributed by atoms with Crippen LogP contribution >= 0.6 is 0 Å². The van der Waals surface area contributed by atoms with E-state index in [9.17, 15) is 0 Å². The summed E-state index contributed by atoms with van der Waals surface area (Å²) in [5, 5.41) is 7.89. The second-order valence-corrected chi connectivity index (χ2v) is 5.46. The molecule has 2 saturated heterocycles. The molecule has 0 spiro atoms. The molecule has 3 heterocycles. The van der Waals surface area contributed by atoms with Crippen molar-refractivity contribution in [2.45, 2.75) is 44.3 Å². The maximum Gasteiger partial charge on any atom is 0.0534 e. The second kappa shape index (κ2) is 4.78. The molecule has 2 fully saturated rings. The summed E-state index contributed by atoms with van der Waals surface area (Å²) in [7, 11) is 1.97. The van der Waals surface area contributed by atoms with E-state index in [-0.39, 0.29) is 0 Å². The molecule has 3 rings (SSSR count). The summed E-state index contributed by atoms with van der Waals surface area (Å²) >= 11 is 0. The minimum absolute atomic E-state index is 0.703. The van der Waals surface area contributed by atoms with Crippen LogP contribution in [0.25, 0.3) is 0 Å². The van der Waals surface area contributed by atoms with Gasteiger partial charge in [0.05, 0.1) is 6.20 Å². The first-order valence-electron chi connectivity index (χ1n) is 6.76. The van der Waals surface area contributed by atoms with Crippen molar-refractivity contribution < 1.29 is 0 Å². The fourth-order valence-corrected chi connectivity index (χ4v) is 3.24. The van der Waals surface area contributed by atoms with Crippen molar-refractivity contribution in [3.63, 3.8) is 0 Å². The van der Waals surface area contributed by atoms with Crippen molar-refractivity contribution >= 4 is 0 Å². The van der Waals surface area contributed by atoms with E-state index < -0.39 is 0 Å². The number of nitrogens with zero attached hydrogens (tertiary/aromatic N) is 3. The molecule has 17 heavy (non-hydrogen) atoms. The van der Waals surface area contributed by atoms with Gasteiger partial charge < -0.3 is 10.2 Å². The molecule has 0 amide bonds. The smallest absolute Gasteiger partial charge is 0.0534 e. The van der Waals surface area contributed by atoms with E-state index in [1.165, 1.54) is 44.3 Å². The number of aryl methyl sites for hydroxylation is 1. The molecule has 2 atom stereocenters. The number of fused-ring (bicyclic) bond motifs is 1. The van der Waals surface area contributed by atoms with E-state index in [1.807, 2.05) is 17.9 Å². The van der Waals surface area contributed by atoms with Crippen LogP contribution in [0.15, 0.2) is 12.4 Å². The van der Waals surface area contributed by atoms with Crippen LogP contribution < -0.4 is 5.32 Å². The second-order valence-electron chi connectivity index (χ2n) is 5.46. The van der Waals surface area contributed by atoms with Crippen molar-refractivity contribution in [2.75, 3.05) is 13.1 Å². The zero-order valence-electron chi connectivity index (χ0n) is 10.6. The van der Waals surface area contributed by atoms with Crippen LogP contribution in [0.3, 0.4) is 0 Å². The molecule has 1 N–H and O–H groups in total. The Labute approximate surface area is 103 Å². The minimum Gasteiger partial charge on any atom is -0.310 e. The molecular formula is C13H22N4. The van der Waals surface area contributed by atoms with Crippen LogP contribution in [-0.4, -0.2) is 39.9 Å². The van der Waals surface area contributed by atoms with Crippen LogP contribution in [0.5, 0.6) is 0 Å². The maximum absolute atomic E-state index is 4.20. The van der Waals surface area contributed by atoms with Crippen molar-refractivity contribution in [3.05, 3.63) is 18.0 Å². The SMILES string of the molecule is Cn1cc(CNC2CCN3CCCC3C2)cn1. The average Bonchev–Trinajstić information content (AvgIpc) is 2.94. The van der Waals surface area contributed by atoms with E-state index >= 15 is 0 Å². The molecule has 2 unspecified atom stereocenters. The Hall–Kier alpha value is -0.870. The van der Waals surface area contributed by atoms with Gasteiger partial charge in [-0.05, 0) is 38.8 Å². The van der Waals surface area contributed by atoms with Crippen LogP contribution in [0.1, 0.15) is 31.2 Å². The quantitative estimate of drug-likeness (QED) is 0.851. The van der Waals surface area contributed by atoms with Crippen LogP contribution in [0.4, 0.5) is 0 Å². The Morgan fingerprint density at radius 2 is 2.35 bits per heavy atom. The summed E-state index contributed by atoms with van der Waals surface area (Å²) in [5.74, 6) is 0. The largest absolute Gasteiger partial charge is 0.310 e. The lowest BCUT2D eigenvalue weighted by atomic mass is 9.97. The summed E-state index contributed by atoms with van der Waals surface area (Å²) in [4.78, 5) is 2.67. The van der Waals surface area contributed by atoms with E-state index in [2.05, 4.69) is 21.5 Å². The number of aromatic nitrogens is 2. The highest BCUT2D eigenvalue weighted by Crippen LogP contribution is 2.26. The number of hydrogen-bond acceptors (Lipinski definition) is 3. The number of piperidine rings is 1. The summed E-state index contributed by atoms with van der Waals surface area (Å²) in [5.41, 5.74) is 1.29. The Balaban J connectivity index is 1.49. The van der Waals surface area contributed by atoms with Crippen LogP contribution in [-0.2, 0) is 13.6 Å². The molecule has 0 aromatic carbocycles. The van der Waals surface area contributed by atoms with E-state index in [4.69, 9.17) is 0 Å². The molecule has 0 aliphatic carbocycles. The lowest BCUT2D eigenvalue weighted by molar-refractivity contribution is 0.166. The molecule has 94 valence electrons. The molecule has 1 aromatic rings. The van der Waals surface area contributed by atoms with Crippen molar-refractivity contribution in [1.29, 1.82) is 0 Å². The summed E-state index contributed by atoms with van der Waals surface area (Å²) in [6.07, 6.45) is 9.50. The fraction of sp³-hybridized carbons (Fsp3) is 0.769. The van der Waals surface area contributed by atoms with Crippen LogP contribution in [0, 0.1) is 0 Å². The predicted octanol–water partition coefficient (Wildman–Crippen LogP) is 1.14. The average molecular weight is 234 g/mol. The van der Waals surface area contributed by atoms with Gasteiger partial charge in [0.2, 0.25) is 0 Å². The third-order valence-corrected chi connectivity index (χ3v) is 4.17. The van der Waals surface area contributed by atoms with Gasteiger partial charge in [-0.2, -0.15) is 5.10 Å². The Kier molecular flexibility index (Phi) is 3.16. The van der Waals surface area contributed by atoms with Gasteiger partial charge in [-0.3, -0.25) is 4.68 Å². The highest BCUT2D eigenvalue weighted by Gasteiger charge is 2.31. The molecule has 0 saturated carbocycles. The zero-order chi connectivity index (χ0) is 11.7. The fourth-order valence-electron chi connectivity index (χ4n) is 3.24. The summed E-state index contributed by atoms with van der Waals surface area (Å²) in [6.45, 7) is 3.58. The van der Waals surface area contributed by atoms with Crippen molar-refractivity contribution in [2.24, 2.45) is 7.05 Å². The van der Waals surface area contributed by atoms with Gasteiger partial charge in [0.1, 0.15) is 0 Å². The molecule has 0 radical (unpaired) electrons. The molecule has 1 aromatic heterocycles. The Bertz CT molecular complexity index is 373. The lowest BCUT2D eigenvalue weighted by Gasteiger charge is -2.35. The third kappa shape index (κ3) is 2.53. The zero-order valence-corrected chi connectivity index (χ0v) is 10.6. The molecule has 0 bridgehead atoms. The lowest BCUT2D eigenvalue weighted by Crippen LogP contribution is -2.45. The molecular weight excluding hydrogens is 212 g/mol. The molecule has 2 aliphatic heterocycles. The van der Waals surface area contributed by atoms with Gasteiger partial charge >= 0.3 is 0 Å². The molecule has 4 nitrogen and oxygen atoms in total. The van der Waals surface area contributed by atoms with Crippen LogP contribution in [0.2, 0.25) is 0 Å². The molecule has 4 heteroatoms. The van der Waals surface area contributed by atoms with Gasteiger partial charge in [-0.25, -0.2) is 0 Å². The van der Waals surface area contributed by atoms with Crippen molar-refractivity contribution in [1.82, 2.24) is 20.0 Å². The van der Waals surface area contributed by atoms with E-state index in [0.29, 0.717) is 6.04 Å². The van der Waals surface area contributed by atoms with E-state index in [0.717, 1.165) is 12.6 Å². The normalized spacial score (nSPS) is 29.5. The third-order valence-electron chi connectivity index (χ3n) is 4.17. The first-order valence-corrected chi connectivity index (χ1v) is 6.76. The Morgan fingerprint density at radius 1 is 1.41 bits per heavy atom. The first-order chi connectivity index (χ1) is 8.31. The summed E-state index contributed by atoms with van der Waals surface area (Å²) < 4.78 is 1.87. The Morgan fingerprint density at radius 3 is 3.18 bits per heavy atom. The van der Waals surface area contributed by atoms with Gasteiger partial charge in [0.15, 0.2) is 0 Å². The minimum atomic E-state index is 0.703. The summed E-state index contributed by atoms with van der Waals surface area (Å²) in [6, 6.07) is 1.56.